The summed E-state index contributed by atoms with van der Waals surface area (Å²) in [6.07, 6.45) is 1.89. The average Bonchev–Trinajstić information content (AvgIpc) is 2.16. The minimum absolute atomic E-state index is 0.0392. The first-order chi connectivity index (χ1) is 7.11. The van der Waals surface area contributed by atoms with Gasteiger partial charge in [0, 0.05) is 12.5 Å². The number of nitrogens with one attached hydrogen (secondary N) is 1. The van der Waals surface area contributed by atoms with Crippen LogP contribution in [0.15, 0.2) is 12.3 Å². The second-order valence-corrected chi connectivity index (χ2v) is 3.50. The molecule has 0 saturated carbocycles. The van der Waals surface area contributed by atoms with Crippen molar-refractivity contribution < 1.29 is 4.79 Å². The van der Waals surface area contributed by atoms with Crippen LogP contribution in [0, 0.1) is 12.5 Å². The van der Waals surface area contributed by atoms with Crippen LogP contribution in [0.3, 0.4) is 0 Å². The Kier molecular flexibility index (Phi) is 3.75. The lowest BCUT2D eigenvalue weighted by atomic mass is 10.1. The SMILES string of the molecule is [C-]#[N+]c1nccc(NC(=O)CC(C)C)n1. The first kappa shape index (κ1) is 11.1. The van der Waals surface area contributed by atoms with Crippen molar-refractivity contribution in [3.05, 3.63) is 23.7 Å². The summed E-state index contributed by atoms with van der Waals surface area (Å²) in [6, 6.07) is 1.56. The minimum atomic E-state index is -0.0976. The lowest BCUT2D eigenvalue weighted by Gasteiger charge is -2.04. The van der Waals surface area contributed by atoms with Gasteiger partial charge in [-0.2, -0.15) is 4.98 Å². The van der Waals surface area contributed by atoms with Crippen LogP contribution < -0.4 is 5.32 Å². The second-order valence-electron chi connectivity index (χ2n) is 3.50. The number of carbonyl (C=O) groups excluding carboxylic acids is 1. The number of rotatable bonds is 3. The summed E-state index contributed by atoms with van der Waals surface area (Å²) in [6.45, 7) is 10.6. The molecule has 15 heavy (non-hydrogen) atoms. The van der Waals surface area contributed by atoms with Gasteiger partial charge in [0.2, 0.25) is 5.91 Å². The molecular weight excluding hydrogens is 192 g/mol. The molecule has 0 fully saturated rings. The van der Waals surface area contributed by atoms with Gasteiger partial charge < -0.3 is 4.85 Å². The van der Waals surface area contributed by atoms with Gasteiger partial charge in [-0.1, -0.05) is 13.8 Å². The Balaban J connectivity index is 2.65. The number of nitrogens with zero attached hydrogens (tertiary/aromatic N) is 3. The van der Waals surface area contributed by atoms with Crippen LogP contribution >= 0.6 is 0 Å². The zero-order chi connectivity index (χ0) is 11.3. The molecule has 1 aromatic heterocycles. The first-order valence-corrected chi connectivity index (χ1v) is 4.62. The summed E-state index contributed by atoms with van der Waals surface area (Å²) in [5, 5.41) is 2.61. The third-order valence-corrected chi connectivity index (χ3v) is 1.60. The monoisotopic (exact) mass is 204 g/mol. The maximum absolute atomic E-state index is 11.4. The molecule has 0 aliphatic rings. The molecule has 0 aliphatic carbocycles. The van der Waals surface area contributed by atoms with E-state index in [0.717, 1.165) is 0 Å². The van der Waals surface area contributed by atoms with Gasteiger partial charge in [0.1, 0.15) is 0 Å². The Labute approximate surface area is 88.4 Å². The van der Waals surface area contributed by atoms with Gasteiger partial charge >= 0.3 is 5.95 Å². The zero-order valence-electron chi connectivity index (χ0n) is 8.69. The van der Waals surface area contributed by atoms with Crippen molar-refractivity contribution in [2.75, 3.05) is 5.32 Å². The van der Waals surface area contributed by atoms with Crippen LogP contribution in [-0.2, 0) is 4.79 Å². The number of anilines is 1. The smallest absolute Gasteiger partial charge is 0.373 e. The highest BCUT2D eigenvalue weighted by molar-refractivity contribution is 5.89. The van der Waals surface area contributed by atoms with Crippen molar-refractivity contribution in [3.63, 3.8) is 0 Å². The molecule has 0 radical (unpaired) electrons. The molecule has 0 aromatic carbocycles. The number of amides is 1. The highest BCUT2D eigenvalue weighted by Crippen LogP contribution is 2.09. The van der Waals surface area contributed by atoms with Gasteiger partial charge in [0.05, 0.1) is 6.20 Å². The molecule has 0 atom stereocenters. The van der Waals surface area contributed by atoms with Crippen LogP contribution in [0.5, 0.6) is 0 Å². The van der Waals surface area contributed by atoms with Crippen molar-refractivity contribution in [3.8, 4) is 0 Å². The number of hydrogen-bond acceptors (Lipinski definition) is 3. The second kappa shape index (κ2) is 5.05. The fourth-order valence-electron chi connectivity index (χ4n) is 1.04. The molecule has 0 unspecified atom stereocenters. The number of aromatic nitrogens is 2. The summed E-state index contributed by atoms with van der Waals surface area (Å²) in [5.74, 6) is 0.616. The quantitative estimate of drug-likeness (QED) is 0.766. The average molecular weight is 204 g/mol. The molecule has 1 rings (SSSR count). The van der Waals surface area contributed by atoms with Crippen molar-refractivity contribution in [1.82, 2.24) is 9.97 Å². The molecule has 0 saturated heterocycles. The van der Waals surface area contributed by atoms with Gasteiger partial charge in [-0.15, -0.1) is 11.6 Å². The lowest BCUT2D eigenvalue weighted by Crippen LogP contribution is -2.14. The van der Waals surface area contributed by atoms with E-state index < -0.39 is 0 Å². The van der Waals surface area contributed by atoms with Gasteiger partial charge in [-0.05, 0) is 5.92 Å². The van der Waals surface area contributed by atoms with Gasteiger partial charge in [0.15, 0.2) is 5.82 Å². The topological polar surface area (TPSA) is 59.2 Å². The standard InChI is InChI=1S/C10H12N4O/c1-7(2)6-9(15)13-8-4-5-12-10(11-3)14-8/h4-5,7H,6H2,1-2H3,(H,12,13,14,15). The predicted octanol–water partition coefficient (Wildman–Crippen LogP) is 2.01. The Hall–Kier alpha value is -1.96. The highest BCUT2D eigenvalue weighted by atomic mass is 16.1. The van der Waals surface area contributed by atoms with Crippen molar-refractivity contribution >= 4 is 17.7 Å². The summed E-state index contributed by atoms with van der Waals surface area (Å²) < 4.78 is 0. The third kappa shape index (κ3) is 3.73. The van der Waals surface area contributed by atoms with E-state index >= 15 is 0 Å². The predicted molar refractivity (Wildman–Crippen MR) is 56.4 cm³/mol. The minimum Gasteiger partial charge on any atom is -0.394 e. The molecule has 78 valence electrons. The van der Waals surface area contributed by atoms with E-state index in [1.807, 2.05) is 13.8 Å². The third-order valence-electron chi connectivity index (χ3n) is 1.60. The van der Waals surface area contributed by atoms with E-state index in [2.05, 4.69) is 20.1 Å². The largest absolute Gasteiger partial charge is 0.394 e. The normalized spacial score (nSPS) is 9.73. The van der Waals surface area contributed by atoms with Gasteiger partial charge in [-0.25, -0.2) is 0 Å². The number of carbonyl (C=O) groups is 1. The van der Waals surface area contributed by atoms with Crippen LogP contribution in [0.25, 0.3) is 4.85 Å². The maximum atomic E-state index is 11.4. The Morgan fingerprint density at radius 2 is 2.40 bits per heavy atom. The molecular formula is C10H12N4O. The van der Waals surface area contributed by atoms with Gasteiger partial charge in [0.25, 0.3) is 0 Å². The van der Waals surface area contributed by atoms with Crippen LogP contribution in [-0.4, -0.2) is 15.9 Å². The van der Waals surface area contributed by atoms with Crippen molar-refractivity contribution in [2.24, 2.45) is 5.92 Å². The van der Waals surface area contributed by atoms with Crippen LogP contribution in [0.1, 0.15) is 20.3 Å². The Morgan fingerprint density at radius 1 is 1.67 bits per heavy atom. The zero-order valence-corrected chi connectivity index (χ0v) is 8.69. The van der Waals surface area contributed by atoms with E-state index in [1.54, 1.807) is 6.07 Å². The fraction of sp³-hybridized carbons (Fsp3) is 0.400. The summed E-state index contributed by atoms with van der Waals surface area (Å²) in [4.78, 5) is 22.0. The van der Waals surface area contributed by atoms with E-state index in [1.165, 1.54) is 6.20 Å². The molecule has 1 heterocycles. The molecule has 1 amide bonds. The first-order valence-electron chi connectivity index (χ1n) is 4.62. The van der Waals surface area contributed by atoms with Crippen LogP contribution in [0.2, 0.25) is 0 Å². The molecule has 0 spiro atoms. The molecule has 0 aliphatic heterocycles. The Morgan fingerprint density at radius 3 is 3.00 bits per heavy atom. The summed E-state index contributed by atoms with van der Waals surface area (Å²) in [5.41, 5.74) is 0. The van der Waals surface area contributed by atoms with E-state index in [0.29, 0.717) is 18.2 Å². The highest BCUT2D eigenvalue weighted by Gasteiger charge is 2.08. The lowest BCUT2D eigenvalue weighted by molar-refractivity contribution is -0.116. The number of hydrogen-bond donors (Lipinski definition) is 1. The van der Waals surface area contributed by atoms with E-state index in [-0.39, 0.29) is 11.9 Å². The molecule has 1 aromatic rings. The molecule has 1 N–H and O–H groups in total. The van der Waals surface area contributed by atoms with Crippen molar-refractivity contribution in [1.29, 1.82) is 0 Å². The fourth-order valence-corrected chi connectivity index (χ4v) is 1.04. The van der Waals surface area contributed by atoms with E-state index in [4.69, 9.17) is 6.57 Å². The molecule has 5 nitrogen and oxygen atoms in total. The van der Waals surface area contributed by atoms with Crippen molar-refractivity contribution in [2.45, 2.75) is 20.3 Å². The van der Waals surface area contributed by atoms with E-state index in [9.17, 15) is 4.79 Å². The maximum Gasteiger partial charge on any atom is 0.373 e. The summed E-state index contributed by atoms with van der Waals surface area (Å²) >= 11 is 0. The molecule has 0 bridgehead atoms. The summed E-state index contributed by atoms with van der Waals surface area (Å²) in [7, 11) is 0. The molecule has 5 heteroatoms. The van der Waals surface area contributed by atoms with Crippen LogP contribution in [0.4, 0.5) is 11.8 Å². The Bertz CT molecular complexity index is 395. The van der Waals surface area contributed by atoms with Gasteiger partial charge in [-0.3, -0.25) is 10.1 Å².